The molecule has 9 heteroatoms. The van der Waals surface area contributed by atoms with Gasteiger partial charge in [-0.1, -0.05) is 41.9 Å². The molecule has 2 aliphatic carbocycles. The molecule has 0 radical (unpaired) electrons. The molecule has 2 aromatic heterocycles. The van der Waals surface area contributed by atoms with Crippen LogP contribution in [0.2, 0.25) is 5.02 Å². The highest BCUT2D eigenvalue weighted by Crippen LogP contribution is 2.34. The third-order valence-corrected chi connectivity index (χ3v) is 7.55. The summed E-state index contributed by atoms with van der Waals surface area (Å²) in [4.78, 5) is 35.5. The monoisotopic (exact) mass is 523 g/mol. The first-order valence-electron chi connectivity index (χ1n) is 12.8. The van der Waals surface area contributed by atoms with Gasteiger partial charge in [-0.25, -0.2) is 4.98 Å². The van der Waals surface area contributed by atoms with E-state index >= 15 is 0 Å². The van der Waals surface area contributed by atoms with Crippen LogP contribution in [-0.4, -0.2) is 44.7 Å². The van der Waals surface area contributed by atoms with E-state index in [1.54, 1.807) is 6.07 Å². The number of pyridine rings is 1. The van der Waals surface area contributed by atoms with Crippen LogP contribution < -0.4 is 4.74 Å². The van der Waals surface area contributed by atoms with Gasteiger partial charge in [-0.05, 0) is 69.1 Å². The van der Waals surface area contributed by atoms with Crippen LogP contribution in [0, 0.1) is 11.8 Å². The largest absolute Gasteiger partial charge is 0.481 e. The maximum Gasteiger partial charge on any atom is 0.309 e. The van der Waals surface area contributed by atoms with Crippen LogP contribution in [0.1, 0.15) is 57.4 Å². The maximum atomic E-state index is 12.0. The van der Waals surface area contributed by atoms with Gasteiger partial charge in [0.25, 0.3) is 6.01 Å². The first-order valence-corrected chi connectivity index (χ1v) is 13.2. The number of H-pyrrole nitrogens is 1. The summed E-state index contributed by atoms with van der Waals surface area (Å²) in [6.07, 6.45) is 6.96. The lowest BCUT2D eigenvalue weighted by atomic mass is 9.86. The van der Waals surface area contributed by atoms with Crippen LogP contribution in [0.4, 0.5) is 0 Å². The molecule has 1 unspecified atom stereocenters. The highest BCUT2D eigenvalue weighted by atomic mass is 35.5. The van der Waals surface area contributed by atoms with Gasteiger partial charge in [0.15, 0.2) is 5.65 Å². The minimum atomic E-state index is -0.736. The molecule has 0 spiro atoms. The Labute approximate surface area is 220 Å². The number of nitrogens with one attached hydrogen (secondary N) is 1. The summed E-state index contributed by atoms with van der Waals surface area (Å²) in [5.74, 6) is -1.19. The quantitative estimate of drug-likeness (QED) is 0.362. The molecular weight excluding hydrogens is 494 g/mol. The smallest absolute Gasteiger partial charge is 0.309 e. The van der Waals surface area contributed by atoms with E-state index in [1.807, 2.05) is 19.1 Å². The summed E-state index contributed by atoms with van der Waals surface area (Å²) >= 11 is 6.58. The van der Waals surface area contributed by atoms with E-state index in [0.717, 1.165) is 24.0 Å². The number of rotatable bonds is 7. The number of carbonyl (C=O) groups is 2. The number of aliphatic carboxylic acids is 1. The van der Waals surface area contributed by atoms with E-state index in [1.165, 1.54) is 5.57 Å². The number of ether oxygens (including phenoxy) is 2. The predicted octanol–water partition coefficient (Wildman–Crippen LogP) is 6.05. The number of carbonyl (C=O) groups excluding carboxylic acids is 1. The Kier molecular flexibility index (Phi) is 7.46. The van der Waals surface area contributed by atoms with Crippen molar-refractivity contribution >= 4 is 40.3 Å². The summed E-state index contributed by atoms with van der Waals surface area (Å²) in [6.45, 7) is 2.25. The summed E-state index contributed by atoms with van der Waals surface area (Å²) in [6, 6.07) is 10.3. The van der Waals surface area contributed by atoms with Gasteiger partial charge >= 0.3 is 11.9 Å². The first-order chi connectivity index (χ1) is 17.9. The number of aromatic amines is 1. The summed E-state index contributed by atoms with van der Waals surface area (Å²) in [5, 5.41) is 9.69. The van der Waals surface area contributed by atoms with Crippen molar-refractivity contribution in [2.24, 2.45) is 11.8 Å². The molecule has 2 N–H and O–H groups in total. The fourth-order valence-corrected chi connectivity index (χ4v) is 5.41. The third kappa shape index (κ3) is 5.64. The average molecular weight is 524 g/mol. The molecular formula is C28H30ClN3O5. The molecule has 3 aromatic rings. The molecule has 0 bridgehead atoms. The van der Waals surface area contributed by atoms with Crippen LogP contribution in [0.3, 0.4) is 0 Å². The number of esters is 1. The second kappa shape index (κ2) is 10.9. The highest BCUT2D eigenvalue weighted by molar-refractivity contribution is 6.33. The van der Waals surface area contributed by atoms with Crippen molar-refractivity contribution in [3.8, 4) is 17.3 Å². The number of allylic oxidation sites excluding steroid dienone is 2. The number of fused-ring (bicyclic) bond motifs is 1. The standard InChI is InChI=1S/C28H30ClN3O5/c1-2-36-27(35)20-9-5-17(6-10-20)16-3-7-18(8-4-16)24-22(29)15-23-25(31-24)32-28(30-23)37-21-13-11-19(12-14-21)26(33)34/h3-5,7-8,15,19-21H,2,6,9-14H2,1H3,(H,33,34)(H,30,31,32)/t19-,20?,21-. The lowest BCUT2D eigenvalue weighted by Crippen LogP contribution is -2.28. The van der Waals surface area contributed by atoms with Gasteiger partial charge < -0.3 is 19.6 Å². The molecule has 194 valence electrons. The summed E-state index contributed by atoms with van der Waals surface area (Å²) in [7, 11) is 0. The number of nitrogens with zero attached hydrogens (tertiary/aromatic N) is 2. The fourth-order valence-electron chi connectivity index (χ4n) is 5.15. The second-order valence-corrected chi connectivity index (χ2v) is 10.1. The Hall–Kier alpha value is -3.39. The predicted molar refractivity (Wildman–Crippen MR) is 140 cm³/mol. The Balaban J connectivity index is 1.28. The van der Waals surface area contributed by atoms with Crippen LogP contribution in [-0.2, 0) is 14.3 Å². The number of hydrogen-bond donors (Lipinski definition) is 2. The van der Waals surface area contributed by atoms with Crippen LogP contribution in [0.5, 0.6) is 6.01 Å². The van der Waals surface area contributed by atoms with Crippen LogP contribution in [0.15, 0.2) is 36.4 Å². The van der Waals surface area contributed by atoms with E-state index in [-0.39, 0.29) is 23.9 Å². The van der Waals surface area contributed by atoms with Crippen molar-refractivity contribution in [2.45, 2.75) is 58.0 Å². The van der Waals surface area contributed by atoms with E-state index < -0.39 is 5.97 Å². The number of carboxylic acid groups (broad SMARTS) is 1. The minimum absolute atomic E-state index is 0.0554. The zero-order valence-electron chi connectivity index (χ0n) is 20.7. The van der Waals surface area contributed by atoms with Gasteiger partial charge in [0.1, 0.15) is 6.10 Å². The Morgan fingerprint density at radius 1 is 1.05 bits per heavy atom. The molecule has 0 saturated heterocycles. The molecule has 37 heavy (non-hydrogen) atoms. The van der Waals surface area contributed by atoms with E-state index in [0.29, 0.717) is 66.6 Å². The molecule has 1 atom stereocenters. The molecule has 1 aromatic carbocycles. The molecule has 2 heterocycles. The number of halogens is 1. The van der Waals surface area contributed by atoms with Crippen molar-refractivity contribution < 1.29 is 24.2 Å². The minimum Gasteiger partial charge on any atom is -0.481 e. The fraction of sp³-hybridized carbons (Fsp3) is 0.429. The lowest BCUT2D eigenvalue weighted by Gasteiger charge is -2.25. The van der Waals surface area contributed by atoms with E-state index in [2.05, 4.69) is 33.2 Å². The Morgan fingerprint density at radius 3 is 2.43 bits per heavy atom. The molecule has 1 fully saturated rings. The molecule has 2 aliphatic rings. The van der Waals surface area contributed by atoms with Gasteiger partial charge in [-0.2, -0.15) is 4.98 Å². The van der Waals surface area contributed by atoms with Gasteiger partial charge in [0.2, 0.25) is 0 Å². The van der Waals surface area contributed by atoms with Gasteiger partial charge in [0.05, 0.1) is 34.7 Å². The molecule has 0 amide bonds. The van der Waals surface area contributed by atoms with Gasteiger partial charge in [-0.3, -0.25) is 9.59 Å². The van der Waals surface area contributed by atoms with Crippen molar-refractivity contribution in [3.05, 3.63) is 47.0 Å². The van der Waals surface area contributed by atoms with Crippen molar-refractivity contribution in [3.63, 3.8) is 0 Å². The van der Waals surface area contributed by atoms with Gasteiger partial charge in [0, 0.05) is 5.56 Å². The highest BCUT2D eigenvalue weighted by Gasteiger charge is 2.28. The maximum absolute atomic E-state index is 12.0. The number of benzene rings is 1. The lowest BCUT2D eigenvalue weighted by molar-refractivity contribution is -0.148. The Bertz CT molecular complexity index is 1330. The zero-order chi connectivity index (χ0) is 25.9. The first kappa shape index (κ1) is 25.3. The number of imidazole rings is 1. The third-order valence-electron chi connectivity index (χ3n) is 7.27. The van der Waals surface area contributed by atoms with Crippen molar-refractivity contribution in [1.82, 2.24) is 15.0 Å². The van der Waals surface area contributed by atoms with Crippen molar-refractivity contribution in [1.29, 1.82) is 0 Å². The Morgan fingerprint density at radius 2 is 1.78 bits per heavy atom. The van der Waals surface area contributed by atoms with E-state index in [4.69, 9.17) is 21.1 Å². The van der Waals surface area contributed by atoms with Gasteiger partial charge in [-0.15, -0.1) is 0 Å². The second-order valence-electron chi connectivity index (χ2n) is 9.69. The molecule has 0 aliphatic heterocycles. The van der Waals surface area contributed by atoms with Crippen LogP contribution >= 0.6 is 11.6 Å². The topological polar surface area (TPSA) is 114 Å². The number of hydrogen-bond acceptors (Lipinski definition) is 6. The number of carboxylic acids is 1. The van der Waals surface area contributed by atoms with Crippen molar-refractivity contribution in [2.75, 3.05) is 6.61 Å². The molecule has 5 rings (SSSR count). The zero-order valence-corrected chi connectivity index (χ0v) is 21.5. The number of aromatic nitrogens is 3. The summed E-state index contributed by atoms with van der Waals surface area (Å²) < 4.78 is 11.2. The SMILES string of the molecule is CCOC(=O)C1CC=C(c2ccc(-c3nc4nc(O[C@H]5CC[C@H](C(=O)O)CC5)[nH]c4cc3Cl)cc2)CC1. The normalized spacial score (nSPS) is 21.9. The molecule has 8 nitrogen and oxygen atoms in total. The molecule has 1 saturated carbocycles. The average Bonchev–Trinajstić information content (AvgIpc) is 3.29. The van der Waals surface area contributed by atoms with Crippen LogP contribution in [0.25, 0.3) is 28.0 Å². The summed E-state index contributed by atoms with van der Waals surface area (Å²) in [5.41, 5.74) is 5.07. The van der Waals surface area contributed by atoms with E-state index in [9.17, 15) is 14.7 Å².